The number of carbonyl (C=O) groups is 1. The lowest BCUT2D eigenvalue weighted by molar-refractivity contribution is -0.116. The van der Waals surface area contributed by atoms with Crippen molar-refractivity contribution in [3.05, 3.63) is 60.2 Å². The maximum Gasteiger partial charge on any atom is 0.243 e. The van der Waals surface area contributed by atoms with Crippen LogP contribution in [0.2, 0.25) is 0 Å². The molecule has 202 valence electrons. The number of rotatable bonds is 9. The van der Waals surface area contributed by atoms with Gasteiger partial charge >= 0.3 is 0 Å². The first kappa shape index (κ1) is 27.3. The number of sulfonamides is 1. The molecule has 38 heavy (non-hydrogen) atoms. The Morgan fingerprint density at radius 3 is 2.18 bits per heavy atom. The van der Waals surface area contributed by atoms with E-state index < -0.39 is 10.0 Å². The van der Waals surface area contributed by atoms with Gasteiger partial charge in [0.25, 0.3) is 0 Å². The number of nitrogens with zero attached hydrogens (tertiary/aromatic N) is 6. The molecular weight excluding hydrogens is 506 g/mol. The number of aryl methyl sites for hydroxylation is 2. The molecule has 1 N–H and O–H groups in total. The van der Waals surface area contributed by atoms with Crippen LogP contribution in [0.1, 0.15) is 17.5 Å². The lowest BCUT2D eigenvalue weighted by Gasteiger charge is -2.36. The lowest BCUT2D eigenvalue weighted by atomic mass is 10.1. The van der Waals surface area contributed by atoms with Crippen LogP contribution in [0.5, 0.6) is 5.75 Å². The summed E-state index contributed by atoms with van der Waals surface area (Å²) < 4.78 is 32.7. The van der Waals surface area contributed by atoms with E-state index in [-0.39, 0.29) is 23.8 Å². The number of carbonyl (C=O) groups excluding carboxylic acids is 1. The number of methoxy groups -OCH3 is 1. The maximum atomic E-state index is 13.2. The Hall–Kier alpha value is -3.77. The number of piperazine rings is 1. The fourth-order valence-corrected chi connectivity index (χ4v) is 6.04. The predicted octanol–water partition coefficient (Wildman–Crippen LogP) is 2.47. The highest BCUT2D eigenvalue weighted by molar-refractivity contribution is 7.89. The van der Waals surface area contributed by atoms with E-state index in [9.17, 15) is 13.2 Å². The minimum Gasteiger partial charge on any atom is -0.497 e. The van der Waals surface area contributed by atoms with Gasteiger partial charge < -0.3 is 19.9 Å². The molecule has 0 atom stereocenters. The smallest absolute Gasteiger partial charge is 0.243 e. The molecule has 0 radical (unpaired) electrons. The Balaban J connectivity index is 1.29. The molecule has 1 saturated heterocycles. The van der Waals surface area contributed by atoms with Gasteiger partial charge in [-0.2, -0.15) is 0 Å². The third-order valence-corrected chi connectivity index (χ3v) is 8.67. The summed E-state index contributed by atoms with van der Waals surface area (Å²) in [4.78, 5) is 30.1. The summed E-state index contributed by atoms with van der Waals surface area (Å²) in [6, 6.07) is 7.37. The van der Waals surface area contributed by atoms with Gasteiger partial charge in [0, 0.05) is 64.3 Å². The van der Waals surface area contributed by atoms with Crippen molar-refractivity contribution in [2.24, 2.45) is 0 Å². The van der Waals surface area contributed by atoms with E-state index in [2.05, 4.69) is 30.1 Å². The first-order valence-corrected chi connectivity index (χ1v) is 13.8. The van der Waals surface area contributed by atoms with E-state index in [1.54, 1.807) is 50.8 Å². The molecule has 1 amide bonds. The molecule has 0 bridgehead atoms. The van der Waals surface area contributed by atoms with E-state index in [0.717, 1.165) is 31.9 Å². The van der Waals surface area contributed by atoms with Crippen LogP contribution in [0.25, 0.3) is 0 Å². The second kappa shape index (κ2) is 11.7. The van der Waals surface area contributed by atoms with Crippen LogP contribution in [-0.4, -0.2) is 80.5 Å². The molecule has 4 rings (SSSR count). The van der Waals surface area contributed by atoms with Crippen LogP contribution >= 0.6 is 0 Å². The molecule has 0 spiro atoms. The Labute approximate surface area is 223 Å². The normalized spacial score (nSPS) is 14.0. The van der Waals surface area contributed by atoms with Crippen LogP contribution in [0.3, 0.4) is 0 Å². The third kappa shape index (κ3) is 6.20. The average molecular weight is 540 g/mol. The molecule has 1 fully saturated rings. The number of benzene rings is 1. The fraction of sp³-hybridized carbons (Fsp3) is 0.385. The van der Waals surface area contributed by atoms with Crippen LogP contribution in [-0.2, 0) is 14.8 Å². The van der Waals surface area contributed by atoms with E-state index in [4.69, 9.17) is 4.74 Å². The minimum absolute atomic E-state index is 0.0112. The van der Waals surface area contributed by atoms with Crippen molar-refractivity contribution in [2.75, 3.05) is 62.0 Å². The number of hydrogen-bond donors (Lipinski definition) is 1. The van der Waals surface area contributed by atoms with Crippen molar-refractivity contribution in [1.82, 2.24) is 19.3 Å². The number of aromatic nitrogens is 3. The lowest BCUT2D eigenvalue weighted by Crippen LogP contribution is -2.47. The van der Waals surface area contributed by atoms with Crippen LogP contribution in [0, 0.1) is 13.8 Å². The maximum absolute atomic E-state index is 13.2. The Kier molecular flexibility index (Phi) is 8.42. The largest absolute Gasteiger partial charge is 0.497 e. The molecule has 0 saturated carbocycles. The first-order chi connectivity index (χ1) is 18.2. The van der Waals surface area contributed by atoms with Gasteiger partial charge in [-0.1, -0.05) is 0 Å². The van der Waals surface area contributed by atoms with Gasteiger partial charge in [0.2, 0.25) is 21.9 Å². The number of anilines is 3. The zero-order valence-electron chi connectivity index (χ0n) is 22.1. The van der Waals surface area contributed by atoms with Crippen molar-refractivity contribution >= 4 is 33.3 Å². The molecule has 1 aromatic carbocycles. The highest BCUT2D eigenvalue weighted by Crippen LogP contribution is 2.28. The van der Waals surface area contributed by atoms with Crippen molar-refractivity contribution in [3.63, 3.8) is 0 Å². The van der Waals surface area contributed by atoms with Gasteiger partial charge in [-0.05, 0) is 49.2 Å². The van der Waals surface area contributed by atoms with Crippen molar-refractivity contribution in [1.29, 1.82) is 0 Å². The van der Waals surface area contributed by atoms with Crippen molar-refractivity contribution in [3.8, 4) is 5.75 Å². The molecular formula is C26H33N7O4S. The zero-order valence-corrected chi connectivity index (χ0v) is 22.9. The minimum atomic E-state index is -3.77. The van der Waals surface area contributed by atoms with E-state index in [1.165, 1.54) is 18.5 Å². The monoisotopic (exact) mass is 539 g/mol. The predicted molar refractivity (Wildman–Crippen MR) is 146 cm³/mol. The van der Waals surface area contributed by atoms with Gasteiger partial charge in [0.15, 0.2) is 0 Å². The number of ether oxygens (including phenoxy) is 1. The van der Waals surface area contributed by atoms with Gasteiger partial charge in [-0.15, -0.1) is 0 Å². The second-order valence-corrected chi connectivity index (χ2v) is 11.1. The van der Waals surface area contributed by atoms with E-state index in [0.29, 0.717) is 28.5 Å². The standard InChI is InChI=1S/C26H33N7O4S/c1-19-15-23(37-4)16-20(2)25(19)38(35,36)31(3)10-7-24(34)30-21-17-28-26(29-18-21)33-13-11-32(12-14-33)22-5-8-27-9-6-22/h5-6,8-9,15-18H,7,10-14H2,1-4H3,(H,30,34). The Morgan fingerprint density at radius 2 is 1.61 bits per heavy atom. The molecule has 1 aliphatic rings. The van der Waals surface area contributed by atoms with Gasteiger partial charge in [-0.3, -0.25) is 9.78 Å². The van der Waals surface area contributed by atoms with Crippen molar-refractivity contribution in [2.45, 2.75) is 25.2 Å². The van der Waals surface area contributed by atoms with Gasteiger partial charge in [-0.25, -0.2) is 22.7 Å². The highest BCUT2D eigenvalue weighted by Gasteiger charge is 2.26. The molecule has 11 nitrogen and oxygen atoms in total. The SMILES string of the molecule is COc1cc(C)c(S(=O)(=O)N(C)CCC(=O)Nc2cnc(N3CCN(c4ccncc4)CC3)nc2)c(C)c1. The van der Waals surface area contributed by atoms with E-state index >= 15 is 0 Å². The summed E-state index contributed by atoms with van der Waals surface area (Å²) in [5.41, 5.74) is 2.79. The van der Waals surface area contributed by atoms with Gasteiger partial charge in [0.1, 0.15) is 5.75 Å². The first-order valence-electron chi connectivity index (χ1n) is 12.3. The number of pyridine rings is 1. The third-order valence-electron chi connectivity index (χ3n) is 6.50. The molecule has 3 heterocycles. The van der Waals surface area contributed by atoms with Crippen LogP contribution < -0.4 is 19.9 Å². The Bertz CT molecular complexity index is 1340. The summed E-state index contributed by atoms with van der Waals surface area (Å²) >= 11 is 0. The fourth-order valence-electron chi connectivity index (χ4n) is 4.46. The quantitative estimate of drug-likeness (QED) is 0.437. The number of hydrogen-bond acceptors (Lipinski definition) is 9. The molecule has 1 aliphatic heterocycles. The average Bonchev–Trinajstić information content (AvgIpc) is 2.92. The Morgan fingerprint density at radius 1 is 1.03 bits per heavy atom. The molecule has 0 unspecified atom stereocenters. The van der Waals surface area contributed by atoms with Crippen molar-refractivity contribution < 1.29 is 17.9 Å². The zero-order chi connectivity index (χ0) is 27.3. The molecule has 2 aromatic heterocycles. The van der Waals surface area contributed by atoms with Gasteiger partial charge in [0.05, 0.1) is 30.1 Å². The number of nitrogens with one attached hydrogen (secondary N) is 1. The molecule has 12 heteroatoms. The number of amides is 1. The topological polar surface area (TPSA) is 121 Å². The second-order valence-electron chi connectivity index (χ2n) is 9.17. The molecule has 0 aliphatic carbocycles. The summed E-state index contributed by atoms with van der Waals surface area (Å²) in [6.07, 6.45) is 6.71. The van der Waals surface area contributed by atoms with Crippen LogP contribution in [0.4, 0.5) is 17.3 Å². The van der Waals surface area contributed by atoms with Crippen LogP contribution in [0.15, 0.2) is 53.9 Å². The van der Waals surface area contributed by atoms with E-state index in [1.807, 2.05) is 12.1 Å². The summed E-state index contributed by atoms with van der Waals surface area (Å²) in [5.74, 6) is 0.882. The summed E-state index contributed by atoms with van der Waals surface area (Å²) in [5, 5.41) is 2.75. The highest BCUT2D eigenvalue weighted by atomic mass is 32.2. The summed E-state index contributed by atoms with van der Waals surface area (Å²) in [6.45, 7) is 6.74. The molecule has 3 aromatic rings. The summed E-state index contributed by atoms with van der Waals surface area (Å²) in [7, 11) is -0.764.